The summed E-state index contributed by atoms with van der Waals surface area (Å²) in [5.41, 5.74) is 4.10. The fraction of sp³-hybridized carbons (Fsp3) is 0.238. The molecular weight excluding hydrogens is 374 g/mol. The number of thiocarbonyl (C=S) groups is 1. The minimum absolute atomic E-state index is 0.0108. The number of phenolic OH excluding ortho intramolecular Hbond substituents is 1. The SMILES string of the molecule is COc1cc([C@@H]2c3[nH]c4ccccc4c3C[C@@H]3C(=O)N(C)C(=S)N23)ccc1O. The van der Waals surface area contributed by atoms with Crippen LogP contribution in [0, 0.1) is 0 Å². The van der Waals surface area contributed by atoms with E-state index in [-0.39, 0.29) is 23.7 Å². The van der Waals surface area contributed by atoms with Crippen LogP contribution < -0.4 is 4.74 Å². The van der Waals surface area contributed by atoms with Crippen molar-refractivity contribution in [3.05, 3.63) is 59.3 Å². The molecule has 2 aliphatic heterocycles. The Morgan fingerprint density at radius 3 is 2.82 bits per heavy atom. The lowest BCUT2D eigenvalue weighted by atomic mass is 9.89. The lowest BCUT2D eigenvalue weighted by Crippen LogP contribution is -2.44. The molecule has 2 atom stereocenters. The summed E-state index contributed by atoms with van der Waals surface area (Å²) in [6.07, 6.45) is 0.606. The van der Waals surface area contributed by atoms with Gasteiger partial charge in [-0.05, 0) is 41.5 Å². The third-order valence-electron chi connectivity index (χ3n) is 5.77. The molecule has 0 bridgehead atoms. The van der Waals surface area contributed by atoms with Gasteiger partial charge in [0.25, 0.3) is 5.91 Å². The molecule has 3 aromatic rings. The Balaban J connectivity index is 1.77. The summed E-state index contributed by atoms with van der Waals surface area (Å²) in [7, 11) is 3.25. The number of aromatic amines is 1. The number of fused-ring (bicyclic) bond motifs is 4. The van der Waals surface area contributed by atoms with E-state index in [0.29, 0.717) is 17.3 Å². The van der Waals surface area contributed by atoms with Gasteiger partial charge in [0.05, 0.1) is 13.2 Å². The number of carbonyl (C=O) groups excluding carboxylic acids is 1. The first-order valence-corrected chi connectivity index (χ1v) is 9.48. The van der Waals surface area contributed by atoms with E-state index in [9.17, 15) is 9.90 Å². The topological polar surface area (TPSA) is 68.8 Å². The van der Waals surface area contributed by atoms with E-state index in [0.717, 1.165) is 27.7 Å². The highest BCUT2D eigenvalue weighted by atomic mass is 32.1. The Morgan fingerprint density at radius 1 is 1.25 bits per heavy atom. The van der Waals surface area contributed by atoms with Gasteiger partial charge in [0.15, 0.2) is 16.6 Å². The number of ether oxygens (including phenoxy) is 1. The van der Waals surface area contributed by atoms with Crippen molar-refractivity contribution in [3.8, 4) is 11.5 Å². The van der Waals surface area contributed by atoms with Crippen LogP contribution in [0.15, 0.2) is 42.5 Å². The first-order chi connectivity index (χ1) is 13.5. The summed E-state index contributed by atoms with van der Waals surface area (Å²) in [4.78, 5) is 20.0. The number of para-hydroxylation sites is 1. The van der Waals surface area contributed by atoms with Crippen LogP contribution in [0.1, 0.15) is 22.9 Å². The van der Waals surface area contributed by atoms with Gasteiger partial charge in [-0.1, -0.05) is 24.3 Å². The molecule has 1 amide bonds. The van der Waals surface area contributed by atoms with Crippen LogP contribution in [0.2, 0.25) is 0 Å². The van der Waals surface area contributed by atoms with Gasteiger partial charge in [-0.15, -0.1) is 0 Å². The maximum absolute atomic E-state index is 12.9. The highest BCUT2D eigenvalue weighted by Crippen LogP contribution is 2.45. The number of likely N-dealkylation sites (N-methyl/N-ethyl adjacent to an activating group) is 1. The number of nitrogens with zero attached hydrogens (tertiary/aromatic N) is 2. The lowest BCUT2D eigenvalue weighted by Gasteiger charge is -2.37. The van der Waals surface area contributed by atoms with Crippen molar-refractivity contribution < 1.29 is 14.6 Å². The summed E-state index contributed by atoms with van der Waals surface area (Å²) in [6, 6.07) is 12.8. The number of H-pyrrole nitrogens is 1. The number of rotatable bonds is 2. The van der Waals surface area contributed by atoms with Gasteiger partial charge in [0.1, 0.15) is 6.04 Å². The molecule has 1 saturated heterocycles. The normalized spacial score (nSPS) is 21.2. The fourth-order valence-electron chi connectivity index (χ4n) is 4.42. The third kappa shape index (κ3) is 2.19. The van der Waals surface area contributed by atoms with Gasteiger partial charge in [-0.3, -0.25) is 9.69 Å². The van der Waals surface area contributed by atoms with Gasteiger partial charge in [-0.2, -0.15) is 0 Å². The molecule has 5 rings (SSSR count). The number of phenols is 1. The zero-order chi connectivity index (χ0) is 19.6. The summed E-state index contributed by atoms with van der Waals surface area (Å²) >= 11 is 5.63. The zero-order valence-electron chi connectivity index (χ0n) is 15.5. The molecule has 0 aliphatic carbocycles. The number of hydrogen-bond acceptors (Lipinski definition) is 4. The van der Waals surface area contributed by atoms with Gasteiger partial charge >= 0.3 is 0 Å². The molecular formula is C21H19N3O3S. The Kier molecular flexibility index (Phi) is 3.64. The van der Waals surface area contributed by atoms with Gasteiger partial charge < -0.3 is 19.7 Å². The largest absolute Gasteiger partial charge is 0.504 e. The van der Waals surface area contributed by atoms with Gasteiger partial charge in [0.2, 0.25) is 0 Å². The molecule has 2 aliphatic rings. The summed E-state index contributed by atoms with van der Waals surface area (Å²) in [6.45, 7) is 0. The van der Waals surface area contributed by atoms with E-state index in [4.69, 9.17) is 17.0 Å². The minimum Gasteiger partial charge on any atom is -0.504 e. The van der Waals surface area contributed by atoms with Gasteiger partial charge in [0, 0.05) is 30.1 Å². The van der Waals surface area contributed by atoms with Crippen LogP contribution in [0.3, 0.4) is 0 Å². The van der Waals surface area contributed by atoms with E-state index in [1.807, 2.05) is 35.2 Å². The van der Waals surface area contributed by atoms with Crippen LogP contribution in [-0.2, 0) is 11.2 Å². The molecule has 2 N–H and O–H groups in total. The maximum Gasteiger partial charge on any atom is 0.251 e. The second-order valence-electron chi connectivity index (χ2n) is 7.20. The van der Waals surface area contributed by atoms with Crippen molar-refractivity contribution in [2.24, 2.45) is 0 Å². The number of methoxy groups -OCH3 is 1. The maximum atomic E-state index is 12.9. The van der Waals surface area contributed by atoms with E-state index in [1.165, 1.54) is 7.11 Å². The average Bonchev–Trinajstić information content (AvgIpc) is 3.18. The molecule has 0 saturated carbocycles. The Hall–Kier alpha value is -3.06. The minimum atomic E-state index is -0.339. The van der Waals surface area contributed by atoms with Crippen LogP contribution in [-0.4, -0.2) is 51.1 Å². The first-order valence-electron chi connectivity index (χ1n) is 9.07. The molecule has 0 unspecified atom stereocenters. The smallest absolute Gasteiger partial charge is 0.251 e. The molecule has 0 radical (unpaired) electrons. The van der Waals surface area contributed by atoms with Crippen molar-refractivity contribution in [2.75, 3.05) is 14.2 Å². The monoisotopic (exact) mass is 393 g/mol. The second-order valence-corrected chi connectivity index (χ2v) is 7.57. The Labute approximate surface area is 167 Å². The van der Waals surface area contributed by atoms with Gasteiger partial charge in [-0.25, -0.2) is 0 Å². The predicted octanol–water partition coefficient (Wildman–Crippen LogP) is 2.96. The number of hydrogen-bond donors (Lipinski definition) is 2. The lowest BCUT2D eigenvalue weighted by molar-refractivity contribution is -0.127. The van der Waals surface area contributed by atoms with E-state index >= 15 is 0 Å². The summed E-state index contributed by atoms with van der Waals surface area (Å²) in [5.74, 6) is 0.478. The Morgan fingerprint density at radius 2 is 2.04 bits per heavy atom. The number of nitrogens with one attached hydrogen (secondary N) is 1. The van der Waals surface area contributed by atoms with Crippen molar-refractivity contribution in [1.29, 1.82) is 0 Å². The van der Waals surface area contributed by atoms with Crippen LogP contribution >= 0.6 is 12.2 Å². The van der Waals surface area contributed by atoms with Crippen molar-refractivity contribution in [1.82, 2.24) is 14.8 Å². The molecule has 28 heavy (non-hydrogen) atoms. The summed E-state index contributed by atoms with van der Waals surface area (Å²) in [5, 5.41) is 11.7. The van der Waals surface area contributed by atoms with Crippen LogP contribution in [0.25, 0.3) is 10.9 Å². The average molecular weight is 393 g/mol. The van der Waals surface area contributed by atoms with E-state index < -0.39 is 0 Å². The number of aromatic nitrogens is 1. The molecule has 6 nitrogen and oxygen atoms in total. The molecule has 0 spiro atoms. The van der Waals surface area contributed by atoms with E-state index in [2.05, 4.69) is 11.1 Å². The first kappa shape index (κ1) is 17.1. The number of carbonyl (C=O) groups is 1. The number of amides is 1. The van der Waals surface area contributed by atoms with E-state index in [1.54, 1.807) is 18.0 Å². The fourth-order valence-corrected chi connectivity index (χ4v) is 4.74. The van der Waals surface area contributed by atoms with Crippen molar-refractivity contribution in [3.63, 3.8) is 0 Å². The second kappa shape index (κ2) is 5.97. The van der Waals surface area contributed by atoms with Crippen molar-refractivity contribution >= 4 is 34.1 Å². The quantitative estimate of drug-likeness (QED) is 0.655. The number of aromatic hydroxyl groups is 1. The molecule has 7 heteroatoms. The molecule has 3 heterocycles. The highest BCUT2D eigenvalue weighted by molar-refractivity contribution is 7.80. The zero-order valence-corrected chi connectivity index (χ0v) is 16.3. The molecule has 142 valence electrons. The highest BCUT2D eigenvalue weighted by Gasteiger charge is 2.49. The van der Waals surface area contributed by atoms with Crippen molar-refractivity contribution in [2.45, 2.75) is 18.5 Å². The standard InChI is InChI=1S/C21H19N3O3S/c1-23-20(26)15-10-13-12-5-3-4-6-14(12)22-18(13)19(24(15)21(23)28)11-7-8-16(25)17(9-11)27-2/h3-9,15,19,22,25H,10H2,1-2H3/t15-,19-/m1/s1. The molecule has 1 aromatic heterocycles. The van der Waals surface area contributed by atoms with Crippen LogP contribution in [0.5, 0.6) is 11.5 Å². The number of benzene rings is 2. The predicted molar refractivity (Wildman–Crippen MR) is 109 cm³/mol. The third-order valence-corrected chi connectivity index (χ3v) is 6.26. The van der Waals surface area contributed by atoms with Crippen LogP contribution in [0.4, 0.5) is 0 Å². The molecule has 2 aromatic carbocycles. The summed E-state index contributed by atoms with van der Waals surface area (Å²) < 4.78 is 5.31. The molecule has 1 fully saturated rings. The Bertz CT molecular complexity index is 1140.